The van der Waals surface area contributed by atoms with Gasteiger partial charge in [0.2, 0.25) is 5.91 Å². The van der Waals surface area contributed by atoms with Crippen LogP contribution in [0.15, 0.2) is 28.9 Å². The smallest absolute Gasteiger partial charge is 0.228 e. The zero-order valence-corrected chi connectivity index (χ0v) is 13.0. The normalized spacial score (nSPS) is 15.8. The summed E-state index contributed by atoms with van der Waals surface area (Å²) in [5.74, 6) is 2.04. The second-order valence-corrected chi connectivity index (χ2v) is 5.84. The molecule has 0 radical (unpaired) electrons. The first-order valence-electron chi connectivity index (χ1n) is 7.22. The van der Waals surface area contributed by atoms with Crippen molar-refractivity contribution in [1.29, 1.82) is 0 Å². The maximum atomic E-state index is 12.2. The number of amides is 1. The predicted molar refractivity (Wildman–Crippen MR) is 84.1 cm³/mol. The Balaban J connectivity index is 1.54. The molecule has 0 atom stereocenters. The fourth-order valence-electron chi connectivity index (χ4n) is 2.58. The summed E-state index contributed by atoms with van der Waals surface area (Å²) in [4.78, 5) is 18.7. The summed E-state index contributed by atoms with van der Waals surface area (Å²) in [7, 11) is 0. The molecule has 7 heteroatoms. The highest BCUT2D eigenvalue weighted by Gasteiger charge is 2.26. The van der Waals surface area contributed by atoms with E-state index in [2.05, 4.69) is 20.4 Å². The zero-order chi connectivity index (χ0) is 15.5. The Kier molecular flexibility index (Phi) is 4.29. The molecule has 1 saturated heterocycles. The van der Waals surface area contributed by atoms with Crippen LogP contribution in [-0.2, 0) is 4.79 Å². The number of carbonyl (C=O) groups is 1. The Bertz CT molecular complexity index is 648. The van der Waals surface area contributed by atoms with Gasteiger partial charge in [-0.15, -0.1) is 0 Å². The Morgan fingerprint density at radius 3 is 2.77 bits per heavy atom. The van der Waals surface area contributed by atoms with E-state index in [0.717, 1.165) is 31.7 Å². The van der Waals surface area contributed by atoms with Crippen LogP contribution in [0.5, 0.6) is 0 Å². The van der Waals surface area contributed by atoms with Crippen LogP contribution < -0.4 is 10.2 Å². The lowest BCUT2D eigenvalue weighted by Gasteiger charge is -2.31. The molecule has 1 fully saturated rings. The van der Waals surface area contributed by atoms with E-state index < -0.39 is 0 Å². The molecule has 0 aliphatic carbocycles. The van der Waals surface area contributed by atoms with Crippen molar-refractivity contribution in [3.8, 4) is 0 Å². The average molecular weight is 321 g/mol. The minimum Gasteiger partial charge on any atom is -0.360 e. The van der Waals surface area contributed by atoms with Crippen LogP contribution in [0.2, 0.25) is 5.02 Å². The molecule has 2 aromatic rings. The molecule has 3 heterocycles. The van der Waals surface area contributed by atoms with Gasteiger partial charge in [-0.1, -0.05) is 16.8 Å². The van der Waals surface area contributed by atoms with Crippen LogP contribution in [0.1, 0.15) is 18.6 Å². The number of pyridine rings is 1. The maximum absolute atomic E-state index is 12.2. The average Bonchev–Trinajstić information content (AvgIpc) is 2.93. The van der Waals surface area contributed by atoms with Gasteiger partial charge in [-0.2, -0.15) is 0 Å². The molecular weight excluding hydrogens is 304 g/mol. The van der Waals surface area contributed by atoms with Crippen LogP contribution >= 0.6 is 11.6 Å². The molecule has 0 spiro atoms. The number of aromatic nitrogens is 2. The summed E-state index contributed by atoms with van der Waals surface area (Å²) < 4.78 is 4.95. The summed E-state index contributed by atoms with van der Waals surface area (Å²) in [5, 5.41) is 7.21. The zero-order valence-electron chi connectivity index (χ0n) is 12.3. The van der Waals surface area contributed by atoms with Crippen LogP contribution in [0, 0.1) is 12.8 Å². The molecule has 0 unspecified atom stereocenters. The topological polar surface area (TPSA) is 71.3 Å². The highest BCUT2D eigenvalue weighted by Crippen LogP contribution is 2.23. The lowest BCUT2D eigenvalue weighted by atomic mass is 9.96. The van der Waals surface area contributed by atoms with Crippen LogP contribution in [0.3, 0.4) is 0 Å². The first kappa shape index (κ1) is 14.8. The molecule has 6 nitrogen and oxygen atoms in total. The molecule has 1 amide bonds. The van der Waals surface area contributed by atoms with E-state index in [-0.39, 0.29) is 11.8 Å². The molecule has 2 aromatic heterocycles. The van der Waals surface area contributed by atoms with Gasteiger partial charge in [0.15, 0.2) is 5.82 Å². The Labute approximate surface area is 133 Å². The van der Waals surface area contributed by atoms with Gasteiger partial charge in [0, 0.05) is 31.3 Å². The van der Waals surface area contributed by atoms with Crippen molar-refractivity contribution in [3.63, 3.8) is 0 Å². The predicted octanol–water partition coefficient (Wildman–Crippen LogP) is 2.89. The van der Waals surface area contributed by atoms with Gasteiger partial charge >= 0.3 is 0 Å². The number of rotatable bonds is 3. The standard InChI is InChI=1S/C15H17ClN4O2/c1-10-8-13(19-22-10)18-15(21)11-4-6-20(7-5-11)14-3-2-12(16)9-17-14/h2-3,8-9,11H,4-7H2,1H3,(H,18,19,21). The van der Waals surface area contributed by atoms with Crippen molar-refractivity contribution >= 4 is 29.1 Å². The van der Waals surface area contributed by atoms with Gasteiger partial charge in [-0.25, -0.2) is 4.98 Å². The van der Waals surface area contributed by atoms with Gasteiger partial charge in [-0.05, 0) is 31.9 Å². The number of hydrogen-bond acceptors (Lipinski definition) is 5. The molecule has 1 aliphatic rings. The van der Waals surface area contributed by atoms with Crippen molar-refractivity contribution < 1.29 is 9.32 Å². The van der Waals surface area contributed by atoms with E-state index in [1.54, 1.807) is 19.2 Å². The lowest BCUT2D eigenvalue weighted by molar-refractivity contribution is -0.120. The second kappa shape index (κ2) is 6.36. The van der Waals surface area contributed by atoms with Crippen molar-refractivity contribution in [2.24, 2.45) is 5.92 Å². The number of nitrogens with one attached hydrogen (secondary N) is 1. The van der Waals surface area contributed by atoms with E-state index >= 15 is 0 Å². The monoisotopic (exact) mass is 320 g/mol. The van der Waals surface area contributed by atoms with E-state index in [0.29, 0.717) is 16.6 Å². The molecule has 1 aliphatic heterocycles. The van der Waals surface area contributed by atoms with Crippen LogP contribution in [0.25, 0.3) is 0 Å². The summed E-state index contributed by atoms with van der Waals surface area (Å²) in [6.45, 7) is 3.38. The first-order valence-corrected chi connectivity index (χ1v) is 7.60. The lowest BCUT2D eigenvalue weighted by Crippen LogP contribution is -2.38. The van der Waals surface area contributed by atoms with E-state index in [4.69, 9.17) is 16.1 Å². The second-order valence-electron chi connectivity index (χ2n) is 5.41. The summed E-state index contributed by atoms with van der Waals surface area (Å²) in [6.07, 6.45) is 3.21. The number of hydrogen-bond donors (Lipinski definition) is 1. The molecule has 3 rings (SSSR count). The Morgan fingerprint density at radius 2 is 2.18 bits per heavy atom. The summed E-state index contributed by atoms with van der Waals surface area (Å²) in [5.41, 5.74) is 0. The van der Waals surface area contributed by atoms with E-state index in [1.165, 1.54) is 0 Å². The number of halogens is 1. The van der Waals surface area contributed by atoms with Crippen molar-refractivity contribution in [2.45, 2.75) is 19.8 Å². The first-order chi connectivity index (χ1) is 10.6. The van der Waals surface area contributed by atoms with Crippen LogP contribution in [-0.4, -0.2) is 29.1 Å². The fourth-order valence-corrected chi connectivity index (χ4v) is 2.69. The van der Waals surface area contributed by atoms with Crippen molar-refractivity contribution in [2.75, 3.05) is 23.3 Å². The molecule has 22 heavy (non-hydrogen) atoms. The fraction of sp³-hybridized carbons (Fsp3) is 0.400. The Hall–Kier alpha value is -2.08. The molecular formula is C15H17ClN4O2. The number of piperidine rings is 1. The third-order valence-electron chi connectivity index (χ3n) is 3.78. The SMILES string of the molecule is Cc1cc(NC(=O)C2CCN(c3ccc(Cl)cn3)CC2)no1. The number of nitrogens with zero attached hydrogens (tertiary/aromatic N) is 3. The van der Waals surface area contributed by atoms with E-state index in [9.17, 15) is 4.79 Å². The van der Waals surface area contributed by atoms with Crippen molar-refractivity contribution in [3.05, 3.63) is 35.2 Å². The minimum absolute atomic E-state index is 0.00276. The minimum atomic E-state index is -0.0134. The highest BCUT2D eigenvalue weighted by atomic mass is 35.5. The molecule has 116 valence electrons. The third-order valence-corrected chi connectivity index (χ3v) is 4.00. The van der Waals surface area contributed by atoms with Crippen LogP contribution in [0.4, 0.5) is 11.6 Å². The molecule has 1 N–H and O–H groups in total. The number of aryl methyl sites for hydroxylation is 1. The summed E-state index contributed by atoms with van der Waals surface area (Å²) >= 11 is 5.85. The molecule has 0 saturated carbocycles. The number of carbonyl (C=O) groups excluding carboxylic acids is 1. The van der Waals surface area contributed by atoms with Gasteiger partial charge in [0.25, 0.3) is 0 Å². The highest BCUT2D eigenvalue weighted by molar-refractivity contribution is 6.30. The van der Waals surface area contributed by atoms with Gasteiger partial charge < -0.3 is 14.7 Å². The summed E-state index contributed by atoms with van der Waals surface area (Å²) in [6, 6.07) is 5.45. The van der Waals surface area contributed by atoms with Gasteiger partial charge in [-0.3, -0.25) is 4.79 Å². The van der Waals surface area contributed by atoms with Gasteiger partial charge in [0.05, 0.1) is 5.02 Å². The third kappa shape index (κ3) is 3.39. The molecule has 0 aromatic carbocycles. The largest absolute Gasteiger partial charge is 0.360 e. The molecule has 0 bridgehead atoms. The van der Waals surface area contributed by atoms with Gasteiger partial charge in [0.1, 0.15) is 11.6 Å². The van der Waals surface area contributed by atoms with Crippen molar-refractivity contribution in [1.82, 2.24) is 10.1 Å². The van der Waals surface area contributed by atoms with E-state index in [1.807, 2.05) is 12.1 Å². The maximum Gasteiger partial charge on any atom is 0.228 e. The Morgan fingerprint density at radius 1 is 1.41 bits per heavy atom. The quantitative estimate of drug-likeness (QED) is 0.941. The number of anilines is 2.